The number of amides is 2. The Balaban J connectivity index is 1.38. The SMILES string of the molecule is N#Cc1cccc(COc2ccc(NC(=O)CCNC(=O)C3CCCCC3)cc2)c1. The Morgan fingerprint density at radius 2 is 1.83 bits per heavy atom. The summed E-state index contributed by atoms with van der Waals surface area (Å²) in [5, 5.41) is 14.7. The molecule has 2 N–H and O–H groups in total. The van der Waals surface area contributed by atoms with Gasteiger partial charge in [0.2, 0.25) is 11.8 Å². The molecule has 0 radical (unpaired) electrons. The van der Waals surface area contributed by atoms with Crippen LogP contribution < -0.4 is 15.4 Å². The quantitative estimate of drug-likeness (QED) is 0.690. The van der Waals surface area contributed by atoms with E-state index in [1.54, 1.807) is 36.4 Å². The summed E-state index contributed by atoms with van der Waals surface area (Å²) in [6.07, 6.45) is 5.60. The van der Waals surface area contributed by atoms with Crippen molar-refractivity contribution in [1.29, 1.82) is 5.26 Å². The fourth-order valence-corrected chi connectivity index (χ4v) is 3.56. The molecule has 0 saturated heterocycles. The molecule has 0 unspecified atom stereocenters. The van der Waals surface area contributed by atoms with E-state index >= 15 is 0 Å². The third-order valence-corrected chi connectivity index (χ3v) is 5.23. The Morgan fingerprint density at radius 1 is 1.07 bits per heavy atom. The van der Waals surface area contributed by atoms with E-state index < -0.39 is 0 Å². The molecule has 0 aromatic heterocycles. The Morgan fingerprint density at radius 3 is 2.57 bits per heavy atom. The van der Waals surface area contributed by atoms with Gasteiger partial charge in [-0.3, -0.25) is 9.59 Å². The van der Waals surface area contributed by atoms with Gasteiger partial charge < -0.3 is 15.4 Å². The van der Waals surface area contributed by atoms with Gasteiger partial charge in [-0.1, -0.05) is 31.4 Å². The van der Waals surface area contributed by atoms with E-state index in [9.17, 15) is 9.59 Å². The Bertz CT molecular complexity index is 897. The molecule has 1 aliphatic carbocycles. The van der Waals surface area contributed by atoms with Crippen molar-refractivity contribution >= 4 is 17.5 Å². The number of nitrogens with one attached hydrogen (secondary N) is 2. The molecule has 0 bridgehead atoms. The number of rotatable bonds is 8. The molecule has 2 amide bonds. The highest BCUT2D eigenvalue weighted by Gasteiger charge is 2.20. The van der Waals surface area contributed by atoms with Gasteiger partial charge in [0, 0.05) is 24.6 Å². The zero-order valence-corrected chi connectivity index (χ0v) is 17.0. The average molecular weight is 405 g/mol. The van der Waals surface area contributed by atoms with Gasteiger partial charge in [-0.2, -0.15) is 5.26 Å². The Hall–Kier alpha value is -3.33. The van der Waals surface area contributed by atoms with Gasteiger partial charge in [0.05, 0.1) is 11.6 Å². The first-order valence-corrected chi connectivity index (χ1v) is 10.4. The van der Waals surface area contributed by atoms with Crippen LogP contribution in [0.15, 0.2) is 48.5 Å². The highest BCUT2D eigenvalue weighted by atomic mass is 16.5. The van der Waals surface area contributed by atoms with E-state index in [-0.39, 0.29) is 24.2 Å². The topological polar surface area (TPSA) is 91.2 Å². The van der Waals surface area contributed by atoms with Gasteiger partial charge >= 0.3 is 0 Å². The number of ether oxygens (including phenoxy) is 1. The number of nitriles is 1. The molecule has 1 saturated carbocycles. The molecule has 2 aromatic carbocycles. The number of hydrogen-bond donors (Lipinski definition) is 2. The summed E-state index contributed by atoms with van der Waals surface area (Å²) in [7, 11) is 0. The van der Waals surface area contributed by atoms with Crippen LogP contribution in [0.1, 0.15) is 49.7 Å². The standard InChI is InChI=1S/C24H27N3O3/c25-16-18-5-4-6-19(15-18)17-30-22-11-9-21(10-12-22)27-23(28)13-14-26-24(29)20-7-2-1-3-8-20/h4-6,9-12,15,20H,1-3,7-8,13-14,17H2,(H,26,29)(H,27,28). The van der Waals surface area contributed by atoms with E-state index in [1.165, 1.54) is 6.42 Å². The molecule has 30 heavy (non-hydrogen) atoms. The highest BCUT2D eigenvalue weighted by Crippen LogP contribution is 2.23. The summed E-state index contributed by atoms with van der Waals surface area (Å²) in [5.41, 5.74) is 2.20. The van der Waals surface area contributed by atoms with Crippen LogP contribution >= 0.6 is 0 Å². The molecule has 1 fully saturated rings. The first-order valence-electron chi connectivity index (χ1n) is 10.4. The minimum absolute atomic E-state index is 0.0734. The van der Waals surface area contributed by atoms with Gasteiger partial charge in [-0.05, 0) is 54.8 Å². The van der Waals surface area contributed by atoms with Crippen molar-refractivity contribution in [1.82, 2.24) is 5.32 Å². The number of nitrogens with zero attached hydrogens (tertiary/aromatic N) is 1. The maximum Gasteiger partial charge on any atom is 0.226 e. The molecule has 0 atom stereocenters. The van der Waals surface area contributed by atoms with Crippen LogP contribution in [0.2, 0.25) is 0 Å². The Kier molecular flexibility index (Phi) is 7.85. The maximum atomic E-state index is 12.1. The summed E-state index contributed by atoms with van der Waals surface area (Å²) in [6.45, 7) is 0.714. The predicted molar refractivity (Wildman–Crippen MR) is 115 cm³/mol. The van der Waals surface area contributed by atoms with Crippen LogP contribution in [0.5, 0.6) is 5.75 Å². The van der Waals surface area contributed by atoms with E-state index in [4.69, 9.17) is 10.00 Å². The van der Waals surface area contributed by atoms with Gasteiger partial charge in [0.15, 0.2) is 0 Å². The number of carbonyl (C=O) groups excluding carboxylic acids is 2. The zero-order valence-electron chi connectivity index (χ0n) is 17.0. The van der Waals surface area contributed by atoms with Crippen molar-refractivity contribution in [2.75, 3.05) is 11.9 Å². The second kappa shape index (κ2) is 11.0. The molecular weight excluding hydrogens is 378 g/mol. The molecule has 0 spiro atoms. The lowest BCUT2D eigenvalue weighted by atomic mass is 9.89. The van der Waals surface area contributed by atoms with E-state index in [0.29, 0.717) is 30.2 Å². The molecular formula is C24H27N3O3. The highest BCUT2D eigenvalue weighted by molar-refractivity contribution is 5.91. The molecule has 6 nitrogen and oxygen atoms in total. The monoisotopic (exact) mass is 405 g/mol. The van der Waals surface area contributed by atoms with Crippen LogP contribution in [0.4, 0.5) is 5.69 Å². The largest absolute Gasteiger partial charge is 0.489 e. The molecule has 0 aliphatic heterocycles. The lowest BCUT2D eigenvalue weighted by molar-refractivity contribution is -0.126. The average Bonchev–Trinajstić information content (AvgIpc) is 2.79. The molecule has 2 aromatic rings. The number of carbonyl (C=O) groups is 2. The molecule has 0 heterocycles. The first-order chi connectivity index (χ1) is 14.6. The third-order valence-electron chi connectivity index (χ3n) is 5.23. The summed E-state index contributed by atoms with van der Waals surface area (Å²) in [4.78, 5) is 24.2. The number of hydrogen-bond acceptors (Lipinski definition) is 4. The second-order valence-corrected chi connectivity index (χ2v) is 7.55. The van der Waals surface area contributed by atoms with Crippen LogP contribution in [-0.4, -0.2) is 18.4 Å². The minimum atomic E-state index is -0.138. The second-order valence-electron chi connectivity index (χ2n) is 7.55. The lowest BCUT2D eigenvalue weighted by Crippen LogP contribution is -2.34. The normalized spacial score (nSPS) is 13.8. The fraction of sp³-hybridized carbons (Fsp3) is 0.375. The summed E-state index contributed by atoms with van der Waals surface area (Å²) in [5.74, 6) is 0.720. The smallest absolute Gasteiger partial charge is 0.226 e. The fourth-order valence-electron chi connectivity index (χ4n) is 3.56. The lowest BCUT2D eigenvalue weighted by Gasteiger charge is -2.20. The Labute approximate surface area is 177 Å². The van der Waals surface area contributed by atoms with Crippen molar-refractivity contribution < 1.29 is 14.3 Å². The van der Waals surface area contributed by atoms with E-state index in [2.05, 4.69) is 16.7 Å². The predicted octanol–water partition coefficient (Wildman–Crippen LogP) is 4.16. The van der Waals surface area contributed by atoms with Crippen LogP contribution in [0.25, 0.3) is 0 Å². The molecule has 3 rings (SSSR count). The van der Waals surface area contributed by atoms with Crippen molar-refractivity contribution in [3.8, 4) is 11.8 Å². The van der Waals surface area contributed by atoms with Crippen LogP contribution in [0, 0.1) is 17.2 Å². The van der Waals surface area contributed by atoms with Crippen molar-refractivity contribution in [3.05, 3.63) is 59.7 Å². The molecule has 156 valence electrons. The number of benzene rings is 2. The van der Waals surface area contributed by atoms with Crippen LogP contribution in [-0.2, 0) is 16.2 Å². The summed E-state index contributed by atoms with van der Waals surface area (Å²) >= 11 is 0. The van der Waals surface area contributed by atoms with Gasteiger partial charge in [0.25, 0.3) is 0 Å². The van der Waals surface area contributed by atoms with Crippen LogP contribution in [0.3, 0.4) is 0 Å². The van der Waals surface area contributed by atoms with Gasteiger partial charge in [-0.25, -0.2) is 0 Å². The molecule has 1 aliphatic rings. The molecule has 6 heteroatoms. The summed E-state index contributed by atoms with van der Waals surface area (Å²) < 4.78 is 5.73. The van der Waals surface area contributed by atoms with Crippen molar-refractivity contribution in [3.63, 3.8) is 0 Å². The van der Waals surface area contributed by atoms with Gasteiger partial charge in [0.1, 0.15) is 12.4 Å². The zero-order chi connectivity index (χ0) is 21.2. The first kappa shape index (κ1) is 21.4. The van der Waals surface area contributed by atoms with E-state index in [1.807, 2.05) is 12.1 Å². The summed E-state index contributed by atoms with van der Waals surface area (Å²) in [6, 6.07) is 16.5. The number of anilines is 1. The van der Waals surface area contributed by atoms with E-state index in [0.717, 1.165) is 31.2 Å². The van der Waals surface area contributed by atoms with Gasteiger partial charge in [-0.15, -0.1) is 0 Å². The third kappa shape index (κ3) is 6.63. The minimum Gasteiger partial charge on any atom is -0.489 e. The van der Waals surface area contributed by atoms with Crippen molar-refractivity contribution in [2.24, 2.45) is 5.92 Å². The van der Waals surface area contributed by atoms with Crippen molar-refractivity contribution in [2.45, 2.75) is 45.1 Å². The maximum absolute atomic E-state index is 12.1.